The Balaban J connectivity index is 0.00000189. The molecule has 7 nitrogen and oxygen atoms in total. The SMILES string of the molecule is C#C.C=C/C(=C\C(=C/C)c1ncc(N)c(Cc2nc3c(-c4cccnc4)nccc3[nH]2)c1F)CNCC1CCCC1. The fraction of sp³-hybridized carbons (Fsp3) is 0.273. The number of fused-ring (bicyclic) bond motifs is 1. The van der Waals surface area contributed by atoms with E-state index in [0.29, 0.717) is 34.7 Å². The lowest BCUT2D eigenvalue weighted by molar-refractivity contribution is 0.503. The van der Waals surface area contributed by atoms with Crippen molar-refractivity contribution in [2.45, 2.75) is 39.0 Å². The van der Waals surface area contributed by atoms with Gasteiger partial charge in [0.25, 0.3) is 0 Å². The van der Waals surface area contributed by atoms with Gasteiger partial charge in [-0.15, -0.1) is 12.8 Å². The number of H-pyrrole nitrogens is 1. The number of rotatable bonds is 10. The van der Waals surface area contributed by atoms with Crippen LogP contribution in [0.25, 0.3) is 27.9 Å². The molecular formula is C33H36FN7. The molecule has 0 saturated heterocycles. The molecule has 1 fully saturated rings. The van der Waals surface area contributed by atoms with E-state index in [1.54, 1.807) is 18.6 Å². The van der Waals surface area contributed by atoms with Gasteiger partial charge in [0.1, 0.15) is 17.0 Å². The number of terminal acetylenes is 1. The number of pyridine rings is 3. The van der Waals surface area contributed by atoms with E-state index in [4.69, 9.17) is 10.7 Å². The third kappa shape index (κ3) is 6.94. The Labute approximate surface area is 241 Å². The van der Waals surface area contributed by atoms with Gasteiger partial charge in [-0.05, 0) is 67.6 Å². The molecule has 1 saturated carbocycles. The van der Waals surface area contributed by atoms with E-state index in [9.17, 15) is 0 Å². The fourth-order valence-corrected chi connectivity index (χ4v) is 5.18. The van der Waals surface area contributed by atoms with E-state index in [-0.39, 0.29) is 17.8 Å². The van der Waals surface area contributed by atoms with Crippen molar-refractivity contribution >= 4 is 22.3 Å². The summed E-state index contributed by atoms with van der Waals surface area (Å²) < 4.78 is 16.0. The second-order valence-electron chi connectivity index (χ2n) is 9.96. The number of aromatic amines is 1. The van der Waals surface area contributed by atoms with E-state index in [0.717, 1.165) is 29.1 Å². The van der Waals surface area contributed by atoms with Crippen LogP contribution in [0.15, 0.2) is 73.4 Å². The zero-order chi connectivity index (χ0) is 29.2. The van der Waals surface area contributed by atoms with E-state index in [1.165, 1.54) is 31.9 Å². The van der Waals surface area contributed by atoms with Crippen LogP contribution in [0.2, 0.25) is 0 Å². The highest BCUT2D eigenvalue weighted by Gasteiger charge is 2.19. The van der Waals surface area contributed by atoms with Crippen LogP contribution < -0.4 is 11.1 Å². The summed E-state index contributed by atoms with van der Waals surface area (Å²) in [6, 6.07) is 5.64. The molecule has 0 unspecified atom stereocenters. The van der Waals surface area contributed by atoms with Gasteiger partial charge in [-0.3, -0.25) is 15.0 Å². The zero-order valence-corrected chi connectivity index (χ0v) is 23.4. The van der Waals surface area contributed by atoms with Crippen LogP contribution in [-0.4, -0.2) is 38.0 Å². The molecule has 0 atom stereocenters. The molecule has 8 heteroatoms. The molecule has 4 aromatic heterocycles. The molecule has 4 heterocycles. The maximum atomic E-state index is 16.0. The summed E-state index contributed by atoms with van der Waals surface area (Å²) in [7, 11) is 0. The van der Waals surface area contributed by atoms with E-state index >= 15 is 4.39 Å². The summed E-state index contributed by atoms with van der Waals surface area (Å²) in [4.78, 5) is 21.1. The largest absolute Gasteiger partial charge is 0.397 e. The second kappa shape index (κ2) is 14.1. The average molecular weight is 550 g/mol. The van der Waals surface area contributed by atoms with Crippen molar-refractivity contribution in [3.63, 3.8) is 0 Å². The third-order valence-corrected chi connectivity index (χ3v) is 7.31. The first kappa shape index (κ1) is 29.4. The predicted octanol–water partition coefficient (Wildman–Crippen LogP) is 6.27. The van der Waals surface area contributed by atoms with Gasteiger partial charge in [-0.1, -0.05) is 31.6 Å². The molecule has 0 amide bonds. The highest BCUT2D eigenvalue weighted by atomic mass is 19.1. The first-order valence-corrected chi connectivity index (χ1v) is 13.8. The molecule has 0 spiro atoms. The third-order valence-electron chi connectivity index (χ3n) is 7.31. The van der Waals surface area contributed by atoms with Crippen LogP contribution in [0.5, 0.6) is 0 Å². The van der Waals surface area contributed by atoms with Gasteiger partial charge < -0.3 is 16.0 Å². The number of hydrogen-bond acceptors (Lipinski definition) is 6. The normalized spacial score (nSPS) is 14.1. The molecule has 0 aliphatic heterocycles. The summed E-state index contributed by atoms with van der Waals surface area (Å²) in [5.41, 5.74) is 11.9. The maximum absolute atomic E-state index is 16.0. The minimum Gasteiger partial charge on any atom is -0.397 e. The molecule has 0 aromatic carbocycles. The van der Waals surface area contributed by atoms with E-state index in [2.05, 4.69) is 44.7 Å². The van der Waals surface area contributed by atoms with Crippen molar-refractivity contribution in [1.82, 2.24) is 30.2 Å². The topological polar surface area (TPSA) is 105 Å². The number of anilines is 1. The number of nitrogens with zero attached hydrogens (tertiary/aromatic N) is 4. The number of nitrogen functional groups attached to an aromatic ring is 1. The van der Waals surface area contributed by atoms with Crippen LogP contribution in [0.1, 0.15) is 49.7 Å². The molecule has 41 heavy (non-hydrogen) atoms. The number of nitrogens with one attached hydrogen (secondary N) is 2. The number of nitrogens with two attached hydrogens (primary N) is 1. The van der Waals surface area contributed by atoms with Crippen LogP contribution >= 0.6 is 0 Å². The highest BCUT2D eigenvalue weighted by Crippen LogP contribution is 2.29. The number of imidazole rings is 1. The average Bonchev–Trinajstić information content (AvgIpc) is 3.68. The van der Waals surface area contributed by atoms with Crippen LogP contribution in [-0.2, 0) is 6.42 Å². The Morgan fingerprint density at radius 3 is 2.71 bits per heavy atom. The van der Waals surface area contributed by atoms with Gasteiger partial charge >= 0.3 is 0 Å². The molecule has 4 N–H and O–H groups in total. The van der Waals surface area contributed by atoms with Crippen molar-refractivity contribution < 1.29 is 4.39 Å². The summed E-state index contributed by atoms with van der Waals surface area (Å²) in [6.07, 6.45) is 25.7. The van der Waals surface area contributed by atoms with Gasteiger partial charge in [0.15, 0.2) is 5.82 Å². The lowest BCUT2D eigenvalue weighted by atomic mass is 10.0. The van der Waals surface area contributed by atoms with Crippen molar-refractivity contribution in [1.29, 1.82) is 0 Å². The quantitative estimate of drug-likeness (QED) is 0.159. The Morgan fingerprint density at radius 1 is 1.20 bits per heavy atom. The summed E-state index contributed by atoms with van der Waals surface area (Å²) in [5.74, 6) is 0.879. The smallest absolute Gasteiger partial charge is 0.155 e. The van der Waals surface area contributed by atoms with Crippen molar-refractivity contribution in [2.24, 2.45) is 5.92 Å². The lowest BCUT2D eigenvalue weighted by Gasteiger charge is -2.13. The van der Waals surface area contributed by atoms with Gasteiger partial charge in [0.05, 0.1) is 23.1 Å². The molecule has 0 radical (unpaired) electrons. The fourth-order valence-electron chi connectivity index (χ4n) is 5.18. The highest BCUT2D eigenvalue weighted by molar-refractivity contribution is 5.89. The summed E-state index contributed by atoms with van der Waals surface area (Å²) in [5, 5.41) is 3.53. The molecule has 1 aliphatic rings. The minimum atomic E-state index is -0.451. The van der Waals surface area contributed by atoms with Crippen LogP contribution in [0, 0.1) is 24.6 Å². The Bertz CT molecular complexity index is 1560. The zero-order valence-electron chi connectivity index (χ0n) is 23.4. The number of hydrogen-bond donors (Lipinski definition) is 3. The number of aromatic nitrogens is 5. The molecule has 5 rings (SSSR count). The predicted molar refractivity (Wildman–Crippen MR) is 165 cm³/mol. The van der Waals surface area contributed by atoms with Crippen molar-refractivity contribution in [3.05, 3.63) is 96.3 Å². The maximum Gasteiger partial charge on any atom is 0.155 e. The van der Waals surface area contributed by atoms with Gasteiger partial charge in [0, 0.05) is 42.7 Å². The number of allylic oxidation sites excluding steroid dienone is 3. The monoisotopic (exact) mass is 549 g/mol. The first-order chi connectivity index (χ1) is 20.1. The van der Waals surface area contributed by atoms with Gasteiger partial charge in [-0.2, -0.15) is 0 Å². The molecule has 210 valence electrons. The minimum absolute atomic E-state index is 0.187. The van der Waals surface area contributed by atoms with Gasteiger partial charge in [-0.25, -0.2) is 9.37 Å². The van der Waals surface area contributed by atoms with Crippen LogP contribution in [0.4, 0.5) is 10.1 Å². The first-order valence-electron chi connectivity index (χ1n) is 13.8. The molecule has 1 aliphatic carbocycles. The molecular weight excluding hydrogens is 513 g/mol. The second-order valence-corrected chi connectivity index (χ2v) is 9.96. The number of halogens is 1. The standard InChI is InChI=1S/C31H34FN7.C2H2/c1-3-20(16-35-17-21-8-5-6-9-21)14-22(4-2)29-28(32)24(25(33)19-37-29)15-27-38-26-11-13-36-30(31(26)39-27)23-10-7-12-34-18-23;1-2/h3-4,7,10-14,18-19,21,35H,1,5-6,8-9,15-17,33H2,2H3,(H,38,39);1-2H/b20-14+,22-4+;. The molecule has 4 aromatic rings. The summed E-state index contributed by atoms with van der Waals surface area (Å²) >= 11 is 0. The van der Waals surface area contributed by atoms with E-state index in [1.807, 2.05) is 43.4 Å². The lowest BCUT2D eigenvalue weighted by Crippen LogP contribution is -2.23. The van der Waals surface area contributed by atoms with Gasteiger partial charge in [0.2, 0.25) is 0 Å². The Morgan fingerprint density at radius 2 is 2.00 bits per heavy atom. The Hall–Kier alpha value is -4.61. The molecule has 0 bridgehead atoms. The Kier molecular flexibility index (Phi) is 10.1. The van der Waals surface area contributed by atoms with Crippen LogP contribution in [0.3, 0.4) is 0 Å². The van der Waals surface area contributed by atoms with E-state index < -0.39 is 5.82 Å². The van der Waals surface area contributed by atoms with Crippen molar-refractivity contribution in [3.8, 4) is 24.1 Å². The summed E-state index contributed by atoms with van der Waals surface area (Å²) in [6.45, 7) is 7.50. The van der Waals surface area contributed by atoms with Crippen molar-refractivity contribution in [2.75, 3.05) is 18.8 Å².